The largest absolute Gasteiger partial charge is 0.507 e. The molecular weight excluding hydrogens is 256 g/mol. The Morgan fingerprint density at radius 2 is 1.30 bits per heavy atom. The van der Waals surface area contributed by atoms with Crippen molar-refractivity contribution in [2.24, 2.45) is 0 Å². The predicted molar refractivity (Wildman–Crippen MR) is 74.6 cm³/mol. The van der Waals surface area contributed by atoms with Gasteiger partial charge in [-0.25, -0.2) is 0 Å². The predicted octanol–water partition coefficient (Wildman–Crippen LogP) is 2.93. The highest BCUT2D eigenvalue weighted by molar-refractivity contribution is 6.30. The average molecular weight is 272 g/mol. The molecule has 0 aliphatic heterocycles. The Hall–Kier alpha value is -2.23. The summed E-state index contributed by atoms with van der Waals surface area (Å²) in [7, 11) is 0. The number of fused-ring (bicyclic) bond motifs is 1. The second kappa shape index (κ2) is 4.40. The molecule has 104 valence electrons. The van der Waals surface area contributed by atoms with Crippen molar-refractivity contribution >= 4 is 17.3 Å². The summed E-state index contributed by atoms with van der Waals surface area (Å²) in [6.07, 6.45) is 0. The lowest BCUT2D eigenvalue weighted by atomic mass is 9.78. The minimum absolute atomic E-state index is 0.0474. The van der Waals surface area contributed by atoms with Gasteiger partial charge in [0.1, 0.15) is 5.75 Å². The topological polar surface area (TPSA) is 71.4 Å². The number of hydrogen-bond donors (Lipinski definition) is 1. The Balaban J connectivity index is 3.03. The van der Waals surface area contributed by atoms with Gasteiger partial charge in [-0.15, -0.1) is 0 Å². The third-order valence-electron chi connectivity index (χ3n) is 4.08. The minimum atomic E-state index is -0.421. The van der Waals surface area contributed by atoms with Crippen LogP contribution in [0.1, 0.15) is 63.0 Å². The van der Waals surface area contributed by atoms with Crippen LogP contribution in [-0.2, 0) is 0 Å². The highest BCUT2D eigenvalue weighted by atomic mass is 16.3. The summed E-state index contributed by atoms with van der Waals surface area (Å²) in [5.41, 5.74) is 1.98. The van der Waals surface area contributed by atoms with E-state index in [1.165, 1.54) is 6.92 Å². The maximum absolute atomic E-state index is 12.4. The molecule has 20 heavy (non-hydrogen) atoms. The Bertz CT molecular complexity index is 721. The number of benzene rings is 1. The number of carbonyl (C=O) groups excluding carboxylic acids is 3. The molecule has 0 aromatic heterocycles. The van der Waals surface area contributed by atoms with E-state index < -0.39 is 5.78 Å². The first-order valence-electron chi connectivity index (χ1n) is 6.34. The summed E-state index contributed by atoms with van der Waals surface area (Å²) in [5.74, 6) is -1.24. The van der Waals surface area contributed by atoms with E-state index in [4.69, 9.17) is 0 Å². The van der Waals surface area contributed by atoms with Crippen LogP contribution in [0.25, 0.3) is 0 Å². The molecular formula is C16H16O4. The lowest BCUT2D eigenvalue weighted by Crippen LogP contribution is -2.24. The van der Waals surface area contributed by atoms with Crippen molar-refractivity contribution in [2.45, 2.75) is 34.6 Å². The zero-order chi connectivity index (χ0) is 15.4. The summed E-state index contributed by atoms with van der Waals surface area (Å²) in [5, 5.41) is 10.2. The van der Waals surface area contributed by atoms with Crippen LogP contribution >= 0.6 is 0 Å². The van der Waals surface area contributed by atoms with Gasteiger partial charge in [-0.05, 0) is 45.7 Å². The summed E-state index contributed by atoms with van der Waals surface area (Å²) >= 11 is 0. The Kier molecular flexibility index (Phi) is 3.12. The average Bonchev–Trinajstić information content (AvgIpc) is 2.39. The zero-order valence-electron chi connectivity index (χ0n) is 12.2. The van der Waals surface area contributed by atoms with Gasteiger partial charge in [0.15, 0.2) is 17.3 Å². The molecule has 4 heteroatoms. The highest BCUT2D eigenvalue weighted by Gasteiger charge is 2.35. The van der Waals surface area contributed by atoms with E-state index in [0.29, 0.717) is 22.3 Å². The standard InChI is InChI=1S/C16H16O4/c1-6-7(2)15(19)12(10(5)17)13-11(6)14(18)8(3)9(4)16(13)20/h19H,1-5H3. The van der Waals surface area contributed by atoms with Gasteiger partial charge in [-0.1, -0.05) is 0 Å². The fourth-order valence-corrected chi connectivity index (χ4v) is 2.55. The summed E-state index contributed by atoms with van der Waals surface area (Å²) in [4.78, 5) is 36.7. The molecule has 0 saturated heterocycles. The monoisotopic (exact) mass is 272 g/mol. The van der Waals surface area contributed by atoms with Gasteiger partial charge in [0.2, 0.25) is 0 Å². The van der Waals surface area contributed by atoms with Crippen molar-refractivity contribution in [1.82, 2.24) is 0 Å². The molecule has 0 fully saturated rings. The van der Waals surface area contributed by atoms with Crippen molar-refractivity contribution in [1.29, 1.82) is 0 Å². The fourth-order valence-electron chi connectivity index (χ4n) is 2.55. The molecule has 1 N–H and O–H groups in total. The van der Waals surface area contributed by atoms with Crippen molar-refractivity contribution in [3.63, 3.8) is 0 Å². The first kappa shape index (κ1) is 14.2. The van der Waals surface area contributed by atoms with Crippen LogP contribution in [0.5, 0.6) is 5.75 Å². The molecule has 1 aromatic rings. The van der Waals surface area contributed by atoms with Crippen molar-refractivity contribution in [2.75, 3.05) is 0 Å². The molecule has 0 heterocycles. The van der Waals surface area contributed by atoms with Gasteiger partial charge >= 0.3 is 0 Å². The second-order valence-electron chi connectivity index (χ2n) is 5.19. The number of phenolic OH excluding ortho intramolecular Hbond substituents is 1. The van der Waals surface area contributed by atoms with Crippen LogP contribution in [0.3, 0.4) is 0 Å². The third-order valence-corrected chi connectivity index (χ3v) is 4.08. The second-order valence-corrected chi connectivity index (χ2v) is 5.19. The van der Waals surface area contributed by atoms with E-state index in [1.54, 1.807) is 27.7 Å². The van der Waals surface area contributed by atoms with E-state index in [0.717, 1.165) is 0 Å². The smallest absolute Gasteiger partial charge is 0.190 e. The zero-order valence-corrected chi connectivity index (χ0v) is 12.2. The van der Waals surface area contributed by atoms with Gasteiger partial charge in [0, 0.05) is 22.3 Å². The fraction of sp³-hybridized carbons (Fsp3) is 0.312. The van der Waals surface area contributed by atoms with Crippen LogP contribution in [0.2, 0.25) is 0 Å². The van der Waals surface area contributed by atoms with Crippen LogP contribution in [0.4, 0.5) is 0 Å². The molecule has 4 nitrogen and oxygen atoms in total. The van der Waals surface area contributed by atoms with E-state index >= 15 is 0 Å². The van der Waals surface area contributed by atoms with Gasteiger partial charge < -0.3 is 5.11 Å². The van der Waals surface area contributed by atoms with Gasteiger partial charge in [-0.3, -0.25) is 14.4 Å². The summed E-state index contributed by atoms with van der Waals surface area (Å²) < 4.78 is 0. The molecule has 1 aliphatic rings. The number of carbonyl (C=O) groups is 3. The number of allylic oxidation sites excluding steroid dienone is 2. The van der Waals surface area contributed by atoms with E-state index in [-0.39, 0.29) is 34.0 Å². The van der Waals surface area contributed by atoms with Crippen LogP contribution < -0.4 is 0 Å². The van der Waals surface area contributed by atoms with Crippen LogP contribution in [0.15, 0.2) is 11.1 Å². The Morgan fingerprint density at radius 3 is 1.75 bits per heavy atom. The molecule has 2 rings (SSSR count). The molecule has 0 unspecified atom stereocenters. The van der Waals surface area contributed by atoms with Gasteiger partial charge in [-0.2, -0.15) is 0 Å². The van der Waals surface area contributed by atoms with Gasteiger partial charge in [0.25, 0.3) is 0 Å². The molecule has 0 radical (unpaired) electrons. The molecule has 1 aromatic carbocycles. The number of hydrogen-bond acceptors (Lipinski definition) is 4. The number of Topliss-reactive ketones (excluding diaryl/α,β-unsaturated/α-hetero) is 3. The molecule has 0 atom stereocenters. The summed E-state index contributed by atoms with van der Waals surface area (Å²) in [6.45, 7) is 7.76. The maximum Gasteiger partial charge on any atom is 0.190 e. The van der Waals surface area contributed by atoms with Crippen molar-refractivity contribution in [3.05, 3.63) is 39.0 Å². The van der Waals surface area contributed by atoms with E-state index in [9.17, 15) is 19.5 Å². The third kappa shape index (κ3) is 1.64. The van der Waals surface area contributed by atoms with Crippen molar-refractivity contribution in [3.8, 4) is 5.75 Å². The Labute approximate surface area is 117 Å². The molecule has 0 spiro atoms. The summed E-state index contributed by atoms with van der Waals surface area (Å²) in [6, 6.07) is 0. The number of aromatic hydroxyl groups is 1. The first-order chi connectivity index (χ1) is 9.20. The quantitative estimate of drug-likeness (QED) is 0.798. The molecule has 0 amide bonds. The SMILES string of the molecule is CC(=O)c1c(O)c(C)c(C)c2c1C(=O)C(C)=C(C)C2=O. The number of ketones is 3. The normalized spacial score (nSPS) is 14.7. The van der Waals surface area contributed by atoms with E-state index in [2.05, 4.69) is 0 Å². The first-order valence-corrected chi connectivity index (χ1v) is 6.34. The molecule has 0 bridgehead atoms. The number of rotatable bonds is 1. The Morgan fingerprint density at radius 1 is 0.850 bits per heavy atom. The molecule has 1 aliphatic carbocycles. The maximum atomic E-state index is 12.4. The van der Waals surface area contributed by atoms with Crippen LogP contribution in [0, 0.1) is 13.8 Å². The van der Waals surface area contributed by atoms with Crippen molar-refractivity contribution < 1.29 is 19.5 Å². The number of phenols is 1. The molecule has 0 saturated carbocycles. The van der Waals surface area contributed by atoms with Crippen LogP contribution in [-0.4, -0.2) is 22.5 Å². The minimum Gasteiger partial charge on any atom is -0.507 e. The van der Waals surface area contributed by atoms with E-state index in [1.807, 2.05) is 0 Å². The lowest BCUT2D eigenvalue weighted by Gasteiger charge is -2.23. The highest BCUT2D eigenvalue weighted by Crippen LogP contribution is 2.38. The van der Waals surface area contributed by atoms with Gasteiger partial charge in [0.05, 0.1) is 5.56 Å². The lowest BCUT2D eigenvalue weighted by molar-refractivity contribution is 0.0962.